The van der Waals surface area contributed by atoms with Crippen molar-refractivity contribution < 1.29 is 9.53 Å². The largest absolute Gasteiger partial charge is 0.425 e. The van der Waals surface area contributed by atoms with Crippen LogP contribution >= 0.6 is 0 Å². The third-order valence-electron chi connectivity index (χ3n) is 3.51. The van der Waals surface area contributed by atoms with E-state index in [-0.39, 0.29) is 5.97 Å². The van der Waals surface area contributed by atoms with Crippen LogP contribution in [0.2, 0.25) is 0 Å². The molecule has 0 aliphatic heterocycles. The van der Waals surface area contributed by atoms with E-state index in [1.54, 1.807) is 0 Å². The second-order valence-electron chi connectivity index (χ2n) is 5.72. The predicted molar refractivity (Wildman–Crippen MR) is 86.5 cm³/mol. The summed E-state index contributed by atoms with van der Waals surface area (Å²) in [6.07, 6.45) is 0.428. The molecule has 0 aliphatic rings. The fourth-order valence-corrected chi connectivity index (χ4v) is 2.57. The summed E-state index contributed by atoms with van der Waals surface area (Å²) in [5, 5.41) is 4.13. The van der Waals surface area contributed by atoms with Crippen LogP contribution < -0.4 is 4.74 Å². The van der Waals surface area contributed by atoms with Gasteiger partial charge in [-0.1, -0.05) is 62.4 Å². The lowest BCUT2D eigenvalue weighted by Crippen LogP contribution is -2.11. The van der Waals surface area contributed by atoms with Gasteiger partial charge in [-0.15, -0.1) is 0 Å². The number of esters is 1. The van der Waals surface area contributed by atoms with E-state index in [0.29, 0.717) is 18.1 Å². The summed E-state index contributed by atoms with van der Waals surface area (Å²) in [5.41, 5.74) is 0. The van der Waals surface area contributed by atoms with Crippen molar-refractivity contribution in [1.82, 2.24) is 0 Å². The van der Waals surface area contributed by atoms with E-state index in [0.717, 1.165) is 21.5 Å². The number of carbonyl (C=O) groups excluding carboxylic acids is 1. The Hall–Kier alpha value is -2.35. The van der Waals surface area contributed by atoms with E-state index in [9.17, 15) is 4.79 Å². The molecular weight excluding hydrogens is 260 g/mol. The average Bonchev–Trinajstić information content (AvgIpc) is 2.46. The first-order valence-corrected chi connectivity index (χ1v) is 7.26. The highest BCUT2D eigenvalue weighted by Crippen LogP contribution is 2.35. The Balaban J connectivity index is 2.18. The van der Waals surface area contributed by atoms with Crippen LogP contribution in [0, 0.1) is 5.92 Å². The van der Waals surface area contributed by atoms with Crippen LogP contribution in [0.25, 0.3) is 21.5 Å². The first kappa shape index (κ1) is 13.6. The molecule has 0 fully saturated rings. The predicted octanol–water partition coefficient (Wildman–Crippen LogP) is 4.94. The lowest BCUT2D eigenvalue weighted by Gasteiger charge is -2.12. The van der Waals surface area contributed by atoms with Crippen LogP contribution in [-0.4, -0.2) is 5.97 Å². The normalized spacial score (nSPS) is 11.2. The molecule has 3 aromatic carbocycles. The van der Waals surface area contributed by atoms with Crippen LogP contribution in [-0.2, 0) is 4.79 Å². The van der Waals surface area contributed by atoms with Crippen LogP contribution in [0.5, 0.6) is 5.75 Å². The van der Waals surface area contributed by atoms with E-state index in [1.807, 2.05) is 62.4 Å². The van der Waals surface area contributed by atoms with Gasteiger partial charge in [-0.05, 0) is 22.8 Å². The van der Waals surface area contributed by atoms with Crippen LogP contribution in [0.3, 0.4) is 0 Å². The van der Waals surface area contributed by atoms with E-state index in [1.165, 1.54) is 0 Å². The minimum Gasteiger partial charge on any atom is -0.425 e. The molecule has 3 aromatic rings. The van der Waals surface area contributed by atoms with Crippen LogP contribution in [0.1, 0.15) is 20.3 Å². The first-order valence-electron chi connectivity index (χ1n) is 7.26. The molecule has 106 valence electrons. The summed E-state index contributed by atoms with van der Waals surface area (Å²) in [5.74, 6) is 0.791. The number of hydrogen-bond acceptors (Lipinski definition) is 2. The highest BCUT2D eigenvalue weighted by Gasteiger charge is 2.13. The number of ether oxygens (including phenoxy) is 1. The summed E-state index contributed by atoms with van der Waals surface area (Å²) < 4.78 is 5.71. The molecule has 0 bridgehead atoms. The molecule has 0 aromatic heterocycles. The zero-order valence-corrected chi connectivity index (χ0v) is 12.3. The molecule has 0 atom stereocenters. The molecule has 0 N–H and O–H groups in total. The second-order valence-corrected chi connectivity index (χ2v) is 5.72. The van der Waals surface area contributed by atoms with Gasteiger partial charge in [0.2, 0.25) is 0 Å². The quantitative estimate of drug-likeness (QED) is 0.385. The van der Waals surface area contributed by atoms with Gasteiger partial charge in [-0.2, -0.15) is 0 Å². The Labute approximate surface area is 124 Å². The van der Waals surface area contributed by atoms with Gasteiger partial charge in [0, 0.05) is 17.2 Å². The molecule has 3 rings (SSSR count). The van der Waals surface area contributed by atoms with Gasteiger partial charge in [-0.25, -0.2) is 0 Å². The van der Waals surface area contributed by atoms with Gasteiger partial charge < -0.3 is 4.74 Å². The topological polar surface area (TPSA) is 26.3 Å². The maximum Gasteiger partial charge on any atom is 0.311 e. The van der Waals surface area contributed by atoms with Crippen molar-refractivity contribution in [2.45, 2.75) is 20.3 Å². The fraction of sp³-hybridized carbons (Fsp3) is 0.211. The second kappa shape index (κ2) is 5.57. The zero-order valence-electron chi connectivity index (χ0n) is 12.3. The van der Waals surface area contributed by atoms with E-state index < -0.39 is 0 Å². The fourth-order valence-electron chi connectivity index (χ4n) is 2.57. The maximum atomic E-state index is 12.1. The third-order valence-corrected chi connectivity index (χ3v) is 3.51. The molecule has 0 saturated carbocycles. The van der Waals surface area contributed by atoms with E-state index >= 15 is 0 Å². The minimum absolute atomic E-state index is 0.175. The Morgan fingerprint density at radius 2 is 1.48 bits per heavy atom. The molecule has 2 heteroatoms. The smallest absolute Gasteiger partial charge is 0.311 e. The van der Waals surface area contributed by atoms with Gasteiger partial charge in [0.1, 0.15) is 5.75 Å². The third kappa shape index (κ3) is 2.75. The van der Waals surface area contributed by atoms with Crippen molar-refractivity contribution >= 4 is 27.5 Å². The Kier molecular flexibility index (Phi) is 3.61. The van der Waals surface area contributed by atoms with Gasteiger partial charge >= 0.3 is 5.97 Å². The van der Waals surface area contributed by atoms with Crippen molar-refractivity contribution in [3.8, 4) is 5.75 Å². The molecule has 21 heavy (non-hydrogen) atoms. The van der Waals surface area contributed by atoms with Crippen LogP contribution in [0.15, 0.2) is 54.6 Å². The van der Waals surface area contributed by atoms with Crippen LogP contribution in [0.4, 0.5) is 0 Å². The van der Waals surface area contributed by atoms with Crippen molar-refractivity contribution in [3.63, 3.8) is 0 Å². The summed E-state index contributed by atoms with van der Waals surface area (Å²) in [6, 6.07) is 18.1. The SMILES string of the molecule is CC(C)CC(=O)Oc1c2ccccc2cc2ccccc12. The minimum atomic E-state index is -0.175. The molecule has 0 aliphatic carbocycles. The standard InChI is InChI=1S/C19H18O2/c1-13(2)11-18(20)21-19-16-9-5-3-7-14(16)12-15-8-4-6-10-17(15)19/h3-10,12-13H,11H2,1-2H3. The molecule has 0 heterocycles. The van der Waals surface area contributed by atoms with Crippen molar-refractivity contribution in [2.24, 2.45) is 5.92 Å². The number of rotatable bonds is 3. The van der Waals surface area contributed by atoms with Crippen molar-refractivity contribution in [1.29, 1.82) is 0 Å². The average molecular weight is 278 g/mol. The van der Waals surface area contributed by atoms with Gasteiger partial charge in [0.25, 0.3) is 0 Å². The monoisotopic (exact) mass is 278 g/mol. The van der Waals surface area contributed by atoms with Gasteiger partial charge in [-0.3, -0.25) is 4.79 Å². The molecule has 0 amide bonds. The van der Waals surface area contributed by atoms with E-state index in [4.69, 9.17) is 4.74 Å². The molecule has 0 unspecified atom stereocenters. The Morgan fingerprint density at radius 3 is 2.00 bits per heavy atom. The highest BCUT2D eigenvalue weighted by atomic mass is 16.5. The summed E-state index contributed by atoms with van der Waals surface area (Å²) in [6.45, 7) is 4.03. The van der Waals surface area contributed by atoms with Crippen molar-refractivity contribution in [2.75, 3.05) is 0 Å². The highest BCUT2D eigenvalue weighted by molar-refractivity contribution is 6.06. The zero-order chi connectivity index (χ0) is 14.8. The lowest BCUT2D eigenvalue weighted by atomic mass is 10.0. The summed E-state index contributed by atoms with van der Waals surface area (Å²) in [4.78, 5) is 12.1. The Morgan fingerprint density at radius 1 is 0.952 bits per heavy atom. The molecule has 0 spiro atoms. The molecule has 2 nitrogen and oxygen atoms in total. The van der Waals surface area contributed by atoms with Gasteiger partial charge in [0.15, 0.2) is 0 Å². The first-order chi connectivity index (χ1) is 10.1. The summed E-state index contributed by atoms with van der Waals surface area (Å²) in [7, 11) is 0. The Bertz CT molecular complexity index is 749. The number of benzene rings is 3. The molecular formula is C19H18O2. The number of fused-ring (bicyclic) bond motifs is 2. The number of hydrogen-bond donors (Lipinski definition) is 0. The molecule has 0 saturated heterocycles. The van der Waals surface area contributed by atoms with Gasteiger partial charge in [0.05, 0.1) is 0 Å². The lowest BCUT2D eigenvalue weighted by molar-refractivity contribution is -0.135. The van der Waals surface area contributed by atoms with Crippen molar-refractivity contribution in [3.05, 3.63) is 54.6 Å². The van der Waals surface area contributed by atoms with E-state index in [2.05, 4.69) is 6.07 Å². The summed E-state index contributed by atoms with van der Waals surface area (Å²) >= 11 is 0. The number of carbonyl (C=O) groups is 1. The maximum absolute atomic E-state index is 12.1. The molecule has 0 radical (unpaired) electrons.